The van der Waals surface area contributed by atoms with Gasteiger partial charge in [0, 0.05) is 39.2 Å². The zero-order chi connectivity index (χ0) is 13.7. The number of pyridine rings is 1. The predicted molar refractivity (Wildman–Crippen MR) is 77.2 cm³/mol. The van der Waals surface area contributed by atoms with Gasteiger partial charge >= 0.3 is 0 Å². The third kappa shape index (κ3) is 4.04. The van der Waals surface area contributed by atoms with E-state index in [0.29, 0.717) is 0 Å². The van der Waals surface area contributed by atoms with Crippen molar-refractivity contribution in [3.63, 3.8) is 0 Å². The van der Waals surface area contributed by atoms with E-state index in [9.17, 15) is 0 Å². The maximum absolute atomic E-state index is 5.14. The number of methoxy groups -OCH3 is 1. The van der Waals surface area contributed by atoms with Crippen molar-refractivity contribution in [1.82, 2.24) is 14.7 Å². The summed E-state index contributed by atoms with van der Waals surface area (Å²) < 4.78 is 7.19. The maximum atomic E-state index is 5.14. The van der Waals surface area contributed by atoms with Gasteiger partial charge in [-0.3, -0.25) is 0 Å². The van der Waals surface area contributed by atoms with Gasteiger partial charge in [0.05, 0.1) is 5.69 Å². The molecule has 2 aromatic heterocycles. The van der Waals surface area contributed by atoms with Crippen LogP contribution in [0.1, 0.15) is 26.0 Å². The van der Waals surface area contributed by atoms with Crippen LogP contribution in [0.5, 0.6) is 0 Å². The fourth-order valence-corrected chi connectivity index (χ4v) is 2.07. The Labute approximate surface area is 114 Å². The van der Waals surface area contributed by atoms with Crippen molar-refractivity contribution in [3.05, 3.63) is 36.3 Å². The summed E-state index contributed by atoms with van der Waals surface area (Å²) in [6.45, 7) is 7.08. The average molecular weight is 261 g/mol. The third-order valence-corrected chi connectivity index (χ3v) is 3.31. The predicted octanol–water partition coefficient (Wildman–Crippen LogP) is 2.49. The first-order valence-electron chi connectivity index (χ1n) is 6.73. The quantitative estimate of drug-likeness (QED) is 0.832. The molecule has 2 aromatic rings. The summed E-state index contributed by atoms with van der Waals surface area (Å²) in [6, 6.07) is 6.04. The van der Waals surface area contributed by atoms with Crippen LogP contribution in [0.25, 0.3) is 5.65 Å². The lowest BCUT2D eigenvalue weighted by atomic mass is 9.90. The van der Waals surface area contributed by atoms with Crippen molar-refractivity contribution in [2.75, 3.05) is 20.3 Å². The van der Waals surface area contributed by atoms with Gasteiger partial charge in [-0.2, -0.15) is 0 Å². The Balaban J connectivity index is 1.85. The van der Waals surface area contributed by atoms with Crippen LogP contribution < -0.4 is 5.32 Å². The molecule has 0 aliphatic rings. The van der Waals surface area contributed by atoms with E-state index >= 15 is 0 Å². The number of hydrogen-bond acceptors (Lipinski definition) is 3. The molecule has 0 aliphatic heterocycles. The number of rotatable bonds is 7. The summed E-state index contributed by atoms with van der Waals surface area (Å²) in [5, 5.41) is 3.48. The molecule has 0 atom stereocenters. The van der Waals surface area contributed by atoms with Crippen molar-refractivity contribution in [2.24, 2.45) is 5.41 Å². The fourth-order valence-electron chi connectivity index (χ4n) is 2.07. The molecule has 4 nitrogen and oxygen atoms in total. The number of aromatic nitrogens is 2. The smallest absolute Gasteiger partial charge is 0.137 e. The van der Waals surface area contributed by atoms with E-state index in [0.717, 1.165) is 37.5 Å². The molecule has 4 heteroatoms. The van der Waals surface area contributed by atoms with E-state index in [1.165, 1.54) is 0 Å². The first-order valence-corrected chi connectivity index (χ1v) is 6.73. The van der Waals surface area contributed by atoms with Gasteiger partial charge in [-0.05, 0) is 24.0 Å². The zero-order valence-electron chi connectivity index (χ0n) is 12.0. The van der Waals surface area contributed by atoms with Crippen molar-refractivity contribution in [3.8, 4) is 0 Å². The molecular formula is C15H23N3O. The number of ether oxygens (including phenoxy) is 1. The lowest BCUT2D eigenvalue weighted by Crippen LogP contribution is -2.30. The number of nitrogens with zero attached hydrogens (tertiary/aromatic N) is 2. The van der Waals surface area contributed by atoms with Gasteiger partial charge in [-0.25, -0.2) is 4.98 Å². The minimum atomic E-state index is 0.245. The summed E-state index contributed by atoms with van der Waals surface area (Å²) in [5.74, 6) is 0. The Morgan fingerprint density at radius 2 is 2.21 bits per heavy atom. The molecule has 2 heterocycles. The van der Waals surface area contributed by atoms with Crippen molar-refractivity contribution in [1.29, 1.82) is 0 Å². The fraction of sp³-hybridized carbons (Fsp3) is 0.533. The highest BCUT2D eigenvalue weighted by molar-refractivity contribution is 5.39. The topological polar surface area (TPSA) is 38.6 Å². The molecule has 1 N–H and O–H groups in total. The van der Waals surface area contributed by atoms with Crippen LogP contribution in [-0.2, 0) is 11.3 Å². The maximum Gasteiger partial charge on any atom is 0.137 e. The van der Waals surface area contributed by atoms with Crippen LogP contribution in [0.3, 0.4) is 0 Å². The lowest BCUT2D eigenvalue weighted by molar-refractivity contribution is 0.150. The van der Waals surface area contributed by atoms with Crippen LogP contribution >= 0.6 is 0 Å². The number of imidazole rings is 1. The minimum absolute atomic E-state index is 0.245. The second kappa shape index (κ2) is 6.17. The Morgan fingerprint density at radius 3 is 2.95 bits per heavy atom. The van der Waals surface area contributed by atoms with Crippen molar-refractivity contribution >= 4 is 5.65 Å². The number of nitrogens with one attached hydrogen (secondary N) is 1. The molecule has 0 fully saturated rings. The van der Waals surface area contributed by atoms with E-state index in [-0.39, 0.29) is 5.41 Å². The van der Waals surface area contributed by atoms with E-state index in [1.54, 1.807) is 7.11 Å². The molecule has 0 saturated heterocycles. The van der Waals surface area contributed by atoms with Crippen molar-refractivity contribution < 1.29 is 4.74 Å². The molecule has 0 amide bonds. The Hall–Kier alpha value is -1.39. The summed E-state index contributed by atoms with van der Waals surface area (Å²) in [7, 11) is 1.75. The van der Waals surface area contributed by atoms with Gasteiger partial charge in [0.2, 0.25) is 0 Å². The van der Waals surface area contributed by atoms with Gasteiger partial charge in [0.15, 0.2) is 0 Å². The standard InChI is InChI=1S/C15H23N3O/c1-15(2,7-9-19-3)12-16-10-13-11-18-8-5-4-6-14(18)17-13/h4-6,8,11,16H,7,9-10,12H2,1-3H3. The number of fused-ring (bicyclic) bond motifs is 1. The van der Waals surface area contributed by atoms with Crippen LogP contribution in [-0.4, -0.2) is 29.6 Å². The van der Waals surface area contributed by atoms with Crippen LogP contribution in [0.2, 0.25) is 0 Å². The van der Waals surface area contributed by atoms with Crippen LogP contribution in [0.4, 0.5) is 0 Å². The summed E-state index contributed by atoms with van der Waals surface area (Å²) in [4.78, 5) is 4.57. The SMILES string of the molecule is COCCC(C)(C)CNCc1cn2ccccc2n1. The van der Waals surface area contributed by atoms with Gasteiger partial charge in [-0.1, -0.05) is 19.9 Å². The zero-order valence-corrected chi connectivity index (χ0v) is 12.0. The number of hydrogen-bond donors (Lipinski definition) is 1. The molecular weight excluding hydrogens is 238 g/mol. The Kier molecular flexibility index (Phi) is 4.56. The molecule has 19 heavy (non-hydrogen) atoms. The molecule has 0 saturated carbocycles. The molecule has 104 valence electrons. The van der Waals surface area contributed by atoms with Gasteiger partial charge in [0.25, 0.3) is 0 Å². The second-order valence-electron chi connectivity index (χ2n) is 5.71. The molecule has 0 radical (unpaired) electrons. The first kappa shape index (κ1) is 14.0. The Bertz CT molecular complexity index is 486. The second-order valence-corrected chi connectivity index (χ2v) is 5.71. The molecule has 0 spiro atoms. The van der Waals surface area contributed by atoms with E-state index in [4.69, 9.17) is 4.74 Å². The van der Waals surface area contributed by atoms with Gasteiger partial charge in [-0.15, -0.1) is 0 Å². The molecule has 0 aromatic carbocycles. The lowest BCUT2D eigenvalue weighted by Gasteiger charge is -2.24. The molecule has 2 rings (SSSR count). The minimum Gasteiger partial charge on any atom is -0.385 e. The third-order valence-electron chi connectivity index (χ3n) is 3.31. The largest absolute Gasteiger partial charge is 0.385 e. The van der Waals surface area contributed by atoms with E-state index in [1.807, 2.05) is 28.8 Å². The molecule has 0 bridgehead atoms. The summed E-state index contributed by atoms with van der Waals surface area (Å²) >= 11 is 0. The average Bonchev–Trinajstić information content (AvgIpc) is 2.78. The highest BCUT2D eigenvalue weighted by atomic mass is 16.5. The van der Waals surface area contributed by atoms with E-state index in [2.05, 4.69) is 30.3 Å². The van der Waals surface area contributed by atoms with Crippen molar-refractivity contribution in [2.45, 2.75) is 26.8 Å². The van der Waals surface area contributed by atoms with Crippen LogP contribution in [0.15, 0.2) is 30.6 Å². The normalized spacial score (nSPS) is 12.2. The van der Waals surface area contributed by atoms with Gasteiger partial charge in [0.1, 0.15) is 5.65 Å². The highest BCUT2D eigenvalue weighted by Crippen LogP contribution is 2.18. The van der Waals surface area contributed by atoms with Gasteiger partial charge < -0.3 is 14.5 Å². The Morgan fingerprint density at radius 1 is 1.37 bits per heavy atom. The summed E-state index contributed by atoms with van der Waals surface area (Å²) in [6.07, 6.45) is 5.15. The molecule has 0 unspecified atom stereocenters. The summed E-state index contributed by atoms with van der Waals surface area (Å²) in [5.41, 5.74) is 2.32. The monoisotopic (exact) mass is 261 g/mol. The molecule has 0 aliphatic carbocycles. The van der Waals surface area contributed by atoms with E-state index < -0.39 is 0 Å². The first-order chi connectivity index (χ1) is 9.11. The van der Waals surface area contributed by atoms with Crippen LogP contribution in [0, 0.1) is 5.41 Å². The highest BCUT2D eigenvalue weighted by Gasteiger charge is 2.16.